The summed E-state index contributed by atoms with van der Waals surface area (Å²) in [5, 5.41) is 4.13. The van der Waals surface area contributed by atoms with E-state index in [4.69, 9.17) is 4.52 Å². The maximum Gasteiger partial charge on any atom is 0.241 e. The van der Waals surface area contributed by atoms with Crippen molar-refractivity contribution in [2.45, 2.75) is 32.4 Å². The van der Waals surface area contributed by atoms with Gasteiger partial charge in [0, 0.05) is 17.5 Å². The number of nitrogens with zero attached hydrogens (tertiary/aromatic N) is 3. The van der Waals surface area contributed by atoms with Gasteiger partial charge in [0.15, 0.2) is 0 Å². The number of likely N-dealkylation sites (tertiary alicyclic amines) is 1. The van der Waals surface area contributed by atoms with E-state index in [9.17, 15) is 0 Å². The van der Waals surface area contributed by atoms with Crippen molar-refractivity contribution in [1.82, 2.24) is 20.0 Å². The molecule has 5 nitrogen and oxygen atoms in total. The molecule has 0 radical (unpaired) electrons. The van der Waals surface area contributed by atoms with Crippen LogP contribution < -0.4 is 0 Å². The zero-order chi connectivity index (χ0) is 15.6. The van der Waals surface area contributed by atoms with Gasteiger partial charge in [-0.1, -0.05) is 35.0 Å². The Morgan fingerprint density at radius 2 is 2.13 bits per heavy atom. The fourth-order valence-electron chi connectivity index (χ4n) is 3.23. The molecule has 1 fully saturated rings. The first-order chi connectivity index (χ1) is 11.3. The van der Waals surface area contributed by atoms with Gasteiger partial charge in [-0.15, -0.1) is 0 Å². The van der Waals surface area contributed by atoms with Gasteiger partial charge in [0.05, 0.1) is 12.6 Å². The molecule has 1 aliphatic heterocycles. The van der Waals surface area contributed by atoms with Crippen LogP contribution in [0.3, 0.4) is 0 Å². The second kappa shape index (κ2) is 6.01. The number of hydrogen-bond donors (Lipinski definition) is 1. The normalized spacial score (nSPS) is 18.6. The minimum Gasteiger partial charge on any atom is -0.364 e. The fraction of sp³-hybridized carbons (Fsp3) is 0.333. The highest BCUT2D eigenvalue weighted by molar-refractivity contribution is 5.54. The van der Waals surface area contributed by atoms with Gasteiger partial charge in [-0.25, -0.2) is 0 Å². The summed E-state index contributed by atoms with van der Waals surface area (Å²) in [6.45, 7) is 3.83. The number of nitrogens with one attached hydrogen (secondary N) is 1. The van der Waals surface area contributed by atoms with Crippen LogP contribution in [0, 0.1) is 6.92 Å². The number of aromatic amines is 1. The van der Waals surface area contributed by atoms with Crippen LogP contribution in [0.4, 0.5) is 0 Å². The SMILES string of the molecule is Cc1ccc(-c2noc(CN3CCC[C@@H]3c3ccc[nH]3)n2)cc1. The molecule has 3 aromatic rings. The second-order valence-electron chi connectivity index (χ2n) is 6.13. The third kappa shape index (κ3) is 2.92. The molecule has 0 spiro atoms. The van der Waals surface area contributed by atoms with Crippen molar-refractivity contribution in [3.8, 4) is 11.4 Å². The molecule has 3 heterocycles. The van der Waals surface area contributed by atoms with Crippen LogP contribution in [0.15, 0.2) is 47.1 Å². The minimum absolute atomic E-state index is 0.416. The van der Waals surface area contributed by atoms with E-state index in [-0.39, 0.29) is 0 Å². The van der Waals surface area contributed by atoms with Gasteiger partial charge in [0.2, 0.25) is 11.7 Å². The van der Waals surface area contributed by atoms with Crippen molar-refractivity contribution >= 4 is 0 Å². The quantitative estimate of drug-likeness (QED) is 0.798. The maximum atomic E-state index is 5.46. The van der Waals surface area contributed by atoms with E-state index in [1.54, 1.807) is 0 Å². The highest BCUT2D eigenvalue weighted by Crippen LogP contribution is 2.32. The molecule has 4 rings (SSSR count). The van der Waals surface area contributed by atoms with Crippen molar-refractivity contribution in [2.75, 3.05) is 6.54 Å². The third-order valence-corrected chi connectivity index (χ3v) is 4.46. The highest BCUT2D eigenvalue weighted by Gasteiger charge is 2.28. The number of benzene rings is 1. The number of rotatable bonds is 4. The Morgan fingerprint density at radius 1 is 1.26 bits per heavy atom. The molecule has 1 atom stereocenters. The average Bonchev–Trinajstić information content (AvgIpc) is 3.29. The van der Waals surface area contributed by atoms with Crippen molar-refractivity contribution in [3.63, 3.8) is 0 Å². The van der Waals surface area contributed by atoms with E-state index < -0.39 is 0 Å². The molecular formula is C18H20N4O. The zero-order valence-electron chi connectivity index (χ0n) is 13.2. The molecule has 1 N–H and O–H groups in total. The molecule has 1 aromatic carbocycles. The Morgan fingerprint density at radius 3 is 2.91 bits per heavy atom. The molecule has 0 unspecified atom stereocenters. The Hall–Kier alpha value is -2.40. The van der Waals surface area contributed by atoms with Crippen LogP contribution in [-0.2, 0) is 6.54 Å². The van der Waals surface area contributed by atoms with Gasteiger partial charge < -0.3 is 9.51 Å². The summed E-state index contributed by atoms with van der Waals surface area (Å²) in [6, 6.07) is 12.8. The number of aromatic nitrogens is 3. The first kappa shape index (κ1) is 14.2. The molecule has 23 heavy (non-hydrogen) atoms. The summed E-state index contributed by atoms with van der Waals surface area (Å²) < 4.78 is 5.46. The lowest BCUT2D eigenvalue weighted by atomic mass is 10.1. The van der Waals surface area contributed by atoms with E-state index in [1.807, 2.05) is 24.4 Å². The van der Waals surface area contributed by atoms with Crippen LogP contribution in [0.5, 0.6) is 0 Å². The fourth-order valence-corrected chi connectivity index (χ4v) is 3.23. The molecular weight excluding hydrogens is 288 g/mol. The predicted octanol–water partition coefficient (Wildman–Crippen LogP) is 3.71. The van der Waals surface area contributed by atoms with Gasteiger partial charge in [0.1, 0.15) is 0 Å². The standard InChI is InChI=1S/C18H20N4O/c1-13-6-8-14(9-7-13)18-20-17(23-21-18)12-22-11-3-5-16(22)15-4-2-10-19-15/h2,4,6-10,16,19H,3,5,11-12H2,1H3/t16-/m1/s1. The van der Waals surface area contributed by atoms with Gasteiger partial charge in [-0.05, 0) is 38.4 Å². The second-order valence-corrected chi connectivity index (χ2v) is 6.13. The summed E-state index contributed by atoms with van der Waals surface area (Å²) >= 11 is 0. The largest absolute Gasteiger partial charge is 0.364 e. The van der Waals surface area contributed by atoms with Crippen LogP contribution in [0.1, 0.15) is 36.0 Å². The van der Waals surface area contributed by atoms with Crippen LogP contribution >= 0.6 is 0 Å². The number of hydrogen-bond acceptors (Lipinski definition) is 4. The highest BCUT2D eigenvalue weighted by atomic mass is 16.5. The number of H-pyrrole nitrogens is 1. The lowest BCUT2D eigenvalue weighted by Crippen LogP contribution is -2.23. The number of aryl methyl sites for hydroxylation is 1. The van der Waals surface area contributed by atoms with Gasteiger partial charge >= 0.3 is 0 Å². The molecule has 1 aliphatic rings. The van der Waals surface area contributed by atoms with Gasteiger partial charge in [-0.3, -0.25) is 4.90 Å². The van der Waals surface area contributed by atoms with Crippen molar-refractivity contribution in [2.24, 2.45) is 0 Å². The molecule has 0 saturated carbocycles. The van der Waals surface area contributed by atoms with Crippen molar-refractivity contribution in [1.29, 1.82) is 0 Å². The van der Waals surface area contributed by atoms with E-state index >= 15 is 0 Å². The monoisotopic (exact) mass is 308 g/mol. The van der Waals surface area contributed by atoms with Gasteiger partial charge in [0.25, 0.3) is 0 Å². The molecule has 118 valence electrons. The zero-order valence-corrected chi connectivity index (χ0v) is 13.2. The average molecular weight is 308 g/mol. The summed E-state index contributed by atoms with van der Waals surface area (Å²) in [5.41, 5.74) is 3.48. The molecule has 0 aliphatic carbocycles. The van der Waals surface area contributed by atoms with E-state index in [0.717, 1.165) is 12.1 Å². The van der Waals surface area contributed by atoms with E-state index in [2.05, 4.69) is 45.1 Å². The Bertz CT molecular complexity index is 761. The molecule has 1 saturated heterocycles. The third-order valence-electron chi connectivity index (χ3n) is 4.46. The van der Waals surface area contributed by atoms with E-state index in [1.165, 1.54) is 24.1 Å². The summed E-state index contributed by atoms with van der Waals surface area (Å²) in [4.78, 5) is 10.3. The summed E-state index contributed by atoms with van der Waals surface area (Å²) in [6.07, 6.45) is 4.34. The Balaban J connectivity index is 1.50. The Labute approximate surface area is 135 Å². The van der Waals surface area contributed by atoms with Gasteiger partial charge in [-0.2, -0.15) is 4.98 Å². The lowest BCUT2D eigenvalue weighted by molar-refractivity contribution is 0.210. The molecule has 0 amide bonds. The molecule has 2 aromatic heterocycles. The Kier molecular flexibility index (Phi) is 3.71. The topological polar surface area (TPSA) is 58.0 Å². The van der Waals surface area contributed by atoms with Crippen LogP contribution in [0.25, 0.3) is 11.4 Å². The van der Waals surface area contributed by atoms with Crippen molar-refractivity contribution < 1.29 is 4.52 Å². The van der Waals surface area contributed by atoms with Crippen LogP contribution in [-0.4, -0.2) is 26.6 Å². The maximum absolute atomic E-state index is 5.46. The smallest absolute Gasteiger partial charge is 0.241 e. The summed E-state index contributed by atoms with van der Waals surface area (Å²) in [7, 11) is 0. The lowest BCUT2D eigenvalue weighted by Gasteiger charge is -2.21. The first-order valence-corrected chi connectivity index (χ1v) is 8.06. The molecule has 0 bridgehead atoms. The van der Waals surface area contributed by atoms with E-state index in [0.29, 0.717) is 24.3 Å². The summed E-state index contributed by atoms with van der Waals surface area (Å²) in [5.74, 6) is 1.34. The molecule has 5 heteroatoms. The minimum atomic E-state index is 0.416. The predicted molar refractivity (Wildman–Crippen MR) is 87.6 cm³/mol. The van der Waals surface area contributed by atoms with Crippen molar-refractivity contribution in [3.05, 3.63) is 59.7 Å². The first-order valence-electron chi connectivity index (χ1n) is 8.06. The van der Waals surface area contributed by atoms with Crippen LogP contribution in [0.2, 0.25) is 0 Å².